The van der Waals surface area contributed by atoms with Crippen molar-refractivity contribution in [3.05, 3.63) is 64.9 Å². The fraction of sp³-hybridized carbons (Fsp3) is 0.118. The molecule has 0 unspecified atom stereocenters. The zero-order valence-electron chi connectivity index (χ0n) is 11.4. The van der Waals surface area contributed by atoms with Crippen molar-refractivity contribution in [2.24, 2.45) is 0 Å². The molecule has 3 aromatic rings. The maximum Gasteiger partial charge on any atom is 0.230 e. The number of hydrogen-bond acceptors (Lipinski definition) is 3. The van der Waals surface area contributed by atoms with E-state index in [-0.39, 0.29) is 11.5 Å². The van der Waals surface area contributed by atoms with Gasteiger partial charge >= 0.3 is 0 Å². The van der Waals surface area contributed by atoms with Gasteiger partial charge in [0.05, 0.1) is 5.69 Å². The number of furan rings is 1. The summed E-state index contributed by atoms with van der Waals surface area (Å²) in [5, 5.41) is 0.777. The van der Waals surface area contributed by atoms with Crippen LogP contribution in [0.4, 0.5) is 5.69 Å². The van der Waals surface area contributed by atoms with Crippen LogP contribution in [0.2, 0.25) is 0 Å². The Morgan fingerprint density at radius 2 is 1.80 bits per heavy atom. The van der Waals surface area contributed by atoms with E-state index >= 15 is 0 Å². The van der Waals surface area contributed by atoms with Crippen molar-refractivity contribution in [2.75, 3.05) is 5.73 Å². The molecule has 0 saturated carbocycles. The topological polar surface area (TPSA) is 56.2 Å². The van der Waals surface area contributed by atoms with Gasteiger partial charge in [-0.2, -0.15) is 0 Å². The van der Waals surface area contributed by atoms with Crippen molar-refractivity contribution in [1.82, 2.24) is 0 Å². The summed E-state index contributed by atoms with van der Waals surface area (Å²) >= 11 is 0. The molecular weight excluding hydrogens is 250 g/mol. The lowest BCUT2D eigenvalue weighted by Crippen LogP contribution is -2.03. The first-order valence-electron chi connectivity index (χ1n) is 6.47. The van der Waals surface area contributed by atoms with Gasteiger partial charge in [-0.1, -0.05) is 24.3 Å². The quantitative estimate of drug-likeness (QED) is 0.716. The molecule has 0 aliphatic carbocycles. The van der Waals surface area contributed by atoms with Crippen LogP contribution < -0.4 is 5.73 Å². The Morgan fingerprint density at radius 3 is 2.50 bits per heavy atom. The van der Waals surface area contributed by atoms with E-state index in [4.69, 9.17) is 10.2 Å². The number of aryl methyl sites for hydroxylation is 2. The van der Waals surface area contributed by atoms with Crippen molar-refractivity contribution in [3.8, 4) is 0 Å². The number of hydrogen-bond donors (Lipinski definition) is 1. The predicted molar refractivity (Wildman–Crippen MR) is 80.0 cm³/mol. The highest BCUT2D eigenvalue weighted by molar-refractivity contribution is 6.14. The largest absolute Gasteiger partial charge is 0.450 e. The molecule has 100 valence electrons. The summed E-state index contributed by atoms with van der Waals surface area (Å²) in [7, 11) is 0. The smallest absolute Gasteiger partial charge is 0.230 e. The van der Waals surface area contributed by atoms with Gasteiger partial charge in [-0.15, -0.1) is 0 Å². The van der Waals surface area contributed by atoms with Gasteiger partial charge in [0.1, 0.15) is 5.58 Å². The maximum absolute atomic E-state index is 12.5. The number of fused-ring (bicyclic) bond motifs is 1. The Labute approximate surface area is 117 Å². The molecule has 2 aromatic carbocycles. The van der Waals surface area contributed by atoms with Crippen LogP contribution in [0.25, 0.3) is 11.0 Å². The molecule has 20 heavy (non-hydrogen) atoms. The minimum Gasteiger partial charge on any atom is -0.450 e. The zero-order chi connectivity index (χ0) is 14.3. The average Bonchev–Trinajstić information content (AvgIpc) is 2.79. The number of nitrogen functional groups attached to an aromatic ring is 1. The number of anilines is 1. The number of rotatable bonds is 2. The normalized spacial score (nSPS) is 10.9. The third-order valence-electron chi connectivity index (χ3n) is 3.61. The molecule has 0 radical (unpaired) electrons. The fourth-order valence-corrected chi connectivity index (χ4v) is 2.25. The lowest BCUT2D eigenvalue weighted by atomic mass is 10.0. The SMILES string of the molecule is Cc1ccc(C(=O)c2oc3ccccc3c2N)cc1C. The van der Waals surface area contributed by atoms with Crippen LogP contribution in [-0.4, -0.2) is 5.78 Å². The number of benzene rings is 2. The molecule has 0 saturated heterocycles. The van der Waals surface area contributed by atoms with Crippen molar-refractivity contribution in [1.29, 1.82) is 0 Å². The summed E-state index contributed by atoms with van der Waals surface area (Å²) in [6.07, 6.45) is 0. The molecule has 3 heteroatoms. The Balaban J connectivity index is 2.12. The molecule has 0 bridgehead atoms. The zero-order valence-corrected chi connectivity index (χ0v) is 11.4. The van der Waals surface area contributed by atoms with Gasteiger partial charge < -0.3 is 10.2 Å². The standard InChI is InChI=1S/C17H15NO2/c1-10-7-8-12(9-11(10)2)16(19)17-15(18)13-5-3-4-6-14(13)20-17/h3-9H,18H2,1-2H3. The molecular formula is C17H15NO2. The summed E-state index contributed by atoms with van der Waals surface area (Å²) in [6.45, 7) is 3.99. The third kappa shape index (κ3) is 1.88. The van der Waals surface area contributed by atoms with Gasteiger partial charge in [0, 0.05) is 10.9 Å². The molecule has 0 aliphatic rings. The summed E-state index contributed by atoms with van der Waals surface area (Å²) in [4.78, 5) is 12.5. The van der Waals surface area contributed by atoms with E-state index in [1.54, 1.807) is 6.07 Å². The highest BCUT2D eigenvalue weighted by atomic mass is 16.3. The lowest BCUT2D eigenvalue weighted by molar-refractivity contribution is 0.101. The highest BCUT2D eigenvalue weighted by Crippen LogP contribution is 2.29. The minimum atomic E-state index is -0.179. The molecule has 1 aromatic heterocycles. The van der Waals surface area contributed by atoms with Gasteiger partial charge in [-0.3, -0.25) is 4.79 Å². The van der Waals surface area contributed by atoms with E-state index in [1.807, 2.05) is 50.2 Å². The summed E-state index contributed by atoms with van der Waals surface area (Å²) in [5.41, 5.74) is 9.90. The first-order valence-corrected chi connectivity index (χ1v) is 6.47. The summed E-state index contributed by atoms with van der Waals surface area (Å²) in [5.74, 6) is 0.0382. The Hall–Kier alpha value is -2.55. The second kappa shape index (κ2) is 4.53. The first kappa shape index (κ1) is 12.5. The Kier molecular flexibility index (Phi) is 2.83. The molecule has 0 amide bonds. The number of ketones is 1. The van der Waals surface area contributed by atoms with Gasteiger partial charge in [0.2, 0.25) is 5.78 Å². The van der Waals surface area contributed by atoms with E-state index in [9.17, 15) is 4.79 Å². The Morgan fingerprint density at radius 1 is 1.05 bits per heavy atom. The van der Waals surface area contributed by atoms with Crippen LogP contribution in [0, 0.1) is 13.8 Å². The summed E-state index contributed by atoms with van der Waals surface area (Å²) < 4.78 is 5.61. The molecule has 0 atom stereocenters. The number of para-hydroxylation sites is 1. The van der Waals surface area contributed by atoms with Crippen LogP contribution >= 0.6 is 0 Å². The van der Waals surface area contributed by atoms with E-state index in [0.29, 0.717) is 16.8 Å². The van der Waals surface area contributed by atoms with Crippen molar-refractivity contribution < 1.29 is 9.21 Å². The van der Waals surface area contributed by atoms with Crippen molar-refractivity contribution in [2.45, 2.75) is 13.8 Å². The molecule has 3 nitrogen and oxygen atoms in total. The lowest BCUT2D eigenvalue weighted by Gasteiger charge is -2.03. The number of carbonyl (C=O) groups excluding carboxylic acids is 1. The van der Waals surface area contributed by atoms with Crippen LogP contribution in [0.5, 0.6) is 0 Å². The molecule has 0 spiro atoms. The predicted octanol–water partition coefficient (Wildman–Crippen LogP) is 3.86. The molecule has 2 N–H and O–H groups in total. The number of carbonyl (C=O) groups is 1. The van der Waals surface area contributed by atoms with Gasteiger partial charge in [0.25, 0.3) is 0 Å². The second-order valence-electron chi connectivity index (χ2n) is 4.97. The van der Waals surface area contributed by atoms with Crippen LogP contribution in [0.15, 0.2) is 46.9 Å². The van der Waals surface area contributed by atoms with Crippen molar-refractivity contribution >= 4 is 22.4 Å². The minimum absolute atomic E-state index is 0.179. The fourth-order valence-electron chi connectivity index (χ4n) is 2.25. The van der Waals surface area contributed by atoms with E-state index in [1.165, 1.54) is 0 Å². The van der Waals surface area contributed by atoms with Gasteiger partial charge in [0.15, 0.2) is 5.76 Å². The van der Waals surface area contributed by atoms with Crippen LogP contribution in [0.1, 0.15) is 27.2 Å². The third-order valence-corrected chi connectivity index (χ3v) is 3.61. The number of nitrogens with two attached hydrogens (primary N) is 1. The Bertz CT molecular complexity index is 815. The molecule has 3 rings (SSSR count). The van der Waals surface area contributed by atoms with Crippen LogP contribution in [0.3, 0.4) is 0 Å². The monoisotopic (exact) mass is 265 g/mol. The highest BCUT2D eigenvalue weighted by Gasteiger charge is 2.20. The molecule has 1 heterocycles. The van der Waals surface area contributed by atoms with E-state index < -0.39 is 0 Å². The summed E-state index contributed by atoms with van der Waals surface area (Å²) in [6, 6.07) is 13.0. The average molecular weight is 265 g/mol. The molecule has 0 fully saturated rings. The van der Waals surface area contributed by atoms with E-state index in [0.717, 1.165) is 16.5 Å². The first-order chi connectivity index (χ1) is 9.58. The maximum atomic E-state index is 12.5. The van der Waals surface area contributed by atoms with Crippen molar-refractivity contribution in [3.63, 3.8) is 0 Å². The second-order valence-corrected chi connectivity index (χ2v) is 4.97. The van der Waals surface area contributed by atoms with E-state index in [2.05, 4.69) is 0 Å². The van der Waals surface area contributed by atoms with Gasteiger partial charge in [-0.25, -0.2) is 0 Å². The van der Waals surface area contributed by atoms with Crippen LogP contribution in [-0.2, 0) is 0 Å². The molecule has 0 aliphatic heterocycles. The van der Waals surface area contributed by atoms with Gasteiger partial charge in [-0.05, 0) is 43.2 Å².